The topological polar surface area (TPSA) is 55.2 Å². The van der Waals surface area contributed by atoms with Crippen LogP contribution in [-0.2, 0) is 16.6 Å². The summed E-state index contributed by atoms with van der Waals surface area (Å²) in [7, 11) is -3.84. The van der Waals surface area contributed by atoms with Crippen molar-refractivity contribution >= 4 is 10.0 Å². The molecule has 1 aromatic heterocycles. The Balaban J connectivity index is 2.26. The standard InChI is InChI=1S/C16H26F3N3O2S/c1-11-14(12(2)22(20-11)10-16(17,18)19)25(23,24)21-7-6-13(9-21)8-15(3,4)5/h13H,6-10H2,1-5H3. The largest absolute Gasteiger partial charge is 0.408 e. The molecule has 144 valence electrons. The van der Waals surface area contributed by atoms with Crippen LogP contribution in [-0.4, -0.2) is 41.8 Å². The number of nitrogens with zero attached hydrogens (tertiary/aromatic N) is 3. The second kappa shape index (κ2) is 6.57. The predicted molar refractivity (Wildman–Crippen MR) is 88.7 cm³/mol. The van der Waals surface area contributed by atoms with Gasteiger partial charge in [-0.05, 0) is 38.0 Å². The molecule has 25 heavy (non-hydrogen) atoms. The summed E-state index contributed by atoms with van der Waals surface area (Å²) in [6.07, 6.45) is -2.77. The molecule has 0 amide bonds. The molecule has 0 spiro atoms. The molecule has 1 atom stereocenters. The lowest BCUT2D eigenvalue weighted by molar-refractivity contribution is -0.143. The van der Waals surface area contributed by atoms with E-state index in [0.717, 1.165) is 17.5 Å². The zero-order chi connectivity index (χ0) is 19.2. The van der Waals surface area contributed by atoms with Crippen molar-refractivity contribution in [3.05, 3.63) is 11.4 Å². The van der Waals surface area contributed by atoms with Gasteiger partial charge in [0.1, 0.15) is 11.4 Å². The molecule has 2 rings (SSSR count). The van der Waals surface area contributed by atoms with Gasteiger partial charge in [0, 0.05) is 13.1 Å². The minimum Gasteiger partial charge on any atom is -0.259 e. The molecule has 1 aliphatic heterocycles. The Hall–Kier alpha value is -1.09. The Kier molecular flexibility index (Phi) is 5.32. The van der Waals surface area contributed by atoms with Crippen LogP contribution in [0.4, 0.5) is 13.2 Å². The van der Waals surface area contributed by atoms with Crippen LogP contribution in [0, 0.1) is 25.2 Å². The molecule has 5 nitrogen and oxygen atoms in total. The van der Waals surface area contributed by atoms with E-state index in [1.807, 2.05) is 0 Å². The predicted octanol–water partition coefficient (Wildman–Crippen LogP) is 3.51. The molecule has 0 aliphatic carbocycles. The third kappa shape index (κ3) is 4.75. The van der Waals surface area contributed by atoms with E-state index in [9.17, 15) is 21.6 Å². The molecule has 0 N–H and O–H groups in total. The molecule has 1 aromatic rings. The van der Waals surface area contributed by atoms with Gasteiger partial charge in [-0.15, -0.1) is 0 Å². The van der Waals surface area contributed by atoms with Crippen molar-refractivity contribution in [2.24, 2.45) is 11.3 Å². The van der Waals surface area contributed by atoms with Crippen LogP contribution < -0.4 is 0 Å². The molecular formula is C16H26F3N3O2S. The first-order chi connectivity index (χ1) is 11.2. The van der Waals surface area contributed by atoms with Crippen LogP contribution in [0.1, 0.15) is 45.0 Å². The van der Waals surface area contributed by atoms with Crippen molar-refractivity contribution in [3.8, 4) is 0 Å². The van der Waals surface area contributed by atoms with Gasteiger partial charge in [0.2, 0.25) is 10.0 Å². The maximum atomic E-state index is 13.0. The van der Waals surface area contributed by atoms with Gasteiger partial charge in [-0.2, -0.15) is 22.6 Å². The monoisotopic (exact) mass is 381 g/mol. The highest BCUT2D eigenvalue weighted by Gasteiger charge is 2.38. The van der Waals surface area contributed by atoms with Gasteiger partial charge >= 0.3 is 6.18 Å². The van der Waals surface area contributed by atoms with Crippen LogP contribution in [0.5, 0.6) is 0 Å². The highest BCUT2D eigenvalue weighted by molar-refractivity contribution is 7.89. The Morgan fingerprint density at radius 1 is 1.20 bits per heavy atom. The van der Waals surface area contributed by atoms with Crippen molar-refractivity contribution in [1.29, 1.82) is 0 Å². The Morgan fingerprint density at radius 3 is 2.32 bits per heavy atom. The number of halogens is 3. The summed E-state index contributed by atoms with van der Waals surface area (Å²) in [6, 6.07) is 0. The van der Waals surface area contributed by atoms with Gasteiger partial charge in [0.15, 0.2) is 0 Å². The van der Waals surface area contributed by atoms with E-state index in [4.69, 9.17) is 0 Å². The third-order valence-corrected chi connectivity index (χ3v) is 6.51. The van der Waals surface area contributed by atoms with E-state index in [1.165, 1.54) is 18.2 Å². The van der Waals surface area contributed by atoms with E-state index < -0.39 is 22.7 Å². The number of aryl methyl sites for hydroxylation is 1. The fraction of sp³-hybridized carbons (Fsp3) is 0.812. The normalized spacial score (nSPS) is 20.4. The first-order valence-electron chi connectivity index (χ1n) is 8.31. The molecule has 1 aliphatic rings. The van der Waals surface area contributed by atoms with Crippen molar-refractivity contribution in [3.63, 3.8) is 0 Å². The summed E-state index contributed by atoms with van der Waals surface area (Å²) in [5.41, 5.74) is 0.253. The Bertz CT molecular complexity index is 733. The van der Waals surface area contributed by atoms with E-state index in [0.29, 0.717) is 13.1 Å². The minimum atomic E-state index is -4.45. The number of hydrogen-bond acceptors (Lipinski definition) is 3. The van der Waals surface area contributed by atoms with Gasteiger partial charge in [-0.25, -0.2) is 8.42 Å². The zero-order valence-corrected chi connectivity index (χ0v) is 16.1. The third-order valence-electron chi connectivity index (χ3n) is 4.39. The SMILES string of the molecule is Cc1nn(CC(F)(F)F)c(C)c1S(=O)(=O)N1CCC(CC(C)(C)C)C1. The highest BCUT2D eigenvalue weighted by atomic mass is 32.2. The summed E-state index contributed by atoms with van der Waals surface area (Å²) in [6.45, 7) is 8.66. The second-order valence-electron chi connectivity index (χ2n) is 8.06. The number of aromatic nitrogens is 2. The average Bonchev–Trinajstić information content (AvgIpc) is 2.92. The Labute approximate surface area is 147 Å². The zero-order valence-electron chi connectivity index (χ0n) is 15.3. The number of alkyl halides is 3. The van der Waals surface area contributed by atoms with Crippen LogP contribution in [0.25, 0.3) is 0 Å². The van der Waals surface area contributed by atoms with Crippen molar-refractivity contribution in [1.82, 2.24) is 14.1 Å². The summed E-state index contributed by atoms with van der Waals surface area (Å²) >= 11 is 0. The molecule has 9 heteroatoms. The molecule has 2 heterocycles. The lowest BCUT2D eigenvalue weighted by Crippen LogP contribution is -2.30. The average molecular weight is 381 g/mol. The van der Waals surface area contributed by atoms with Crippen LogP contribution >= 0.6 is 0 Å². The van der Waals surface area contributed by atoms with E-state index >= 15 is 0 Å². The quantitative estimate of drug-likeness (QED) is 0.802. The molecule has 1 fully saturated rings. The molecule has 1 unspecified atom stereocenters. The molecule has 0 aromatic carbocycles. The van der Waals surface area contributed by atoms with Crippen molar-refractivity contribution in [2.75, 3.05) is 13.1 Å². The number of hydrogen-bond donors (Lipinski definition) is 0. The minimum absolute atomic E-state index is 0.0362. The molecule has 1 saturated heterocycles. The van der Waals surface area contributed by atoms with E-state index in [1.54, 1.807) is 0 Å². The first kappa shape index (κ1) is 20.2. The number of rotatable bonds is 4. The molecule has 0 radical (unpaired) electrons. The first-order valence-corrected chi connectivity index (χ1v) is 9.75. The van der Waals surface area contributed by atoms with Crippen molar-refractivity contribution < 1.29 is 21.6 Å². The van der Waals surface area contributed by atoms with Crippen LogP contribution in [0.2, 0.25) is 0 Å². The van der Waals surface area contributed by atoms with Crippen molar-refractivity contribution in [2.45, 2.75) is 65.1 Å². The van der Waals surface area contributed by atoms with Gasteiger partial charge in [-0.3, -0.25) is 4.68 Å². The fourth-order valence-electron chi connectivity index (χ4n) is 3.55. The van der Waals surface area contributed by atoms with E-state index in [2.05, 4.69) is 25.9 Å². The summed E-state index contributed by atoms with van der Waals surface area (Å²) in [4.78, 5) is -0.0897. The second-order valence-corrected chi connectivity index (χ2v) is 9.93. The lowest BCUT2D eigenvalue weighted by atomic mass is 9.84. The lowest BCUT2D eigenvalue weighted by Gasteiger charge is -2.23. The summed E-state index contributed by atoms with van der Waals surface area (Å²) in [5, 5.41) is 3.80. The van der Waals surface area contributed by atoms with Gasteiger partial charge in [0.25, 0.3) is 0 Å². The van der Waals surface area contributed by atoms with Crippen LogP contribution in [0.15, 0.2) is 4.90 Å². The number of sulfonamides is 1. The summed E-state index contributed by atoms with van der Waals surface area (Å²) < 4.78 is 66.0. The maximum Gasteiger partial charge on any atom is 0.408 e. The molecule has 0 bridgehead atoms. The smallest absolute Gasteiger partial charge is 0.259 e. The Morgan fingerprint density at radius 2 is 1.80 bits per heavy atom. The van der Waals surface area contributed by atoms with Gasteiger partial charge in [-0.1, -0.05) is 20.8 Å². The van der Waals surface area contributed by atoms with Gasteiger partial charge < -0.3 is 0 Å². The van der Waals surface area contributed by atoms with E-state index in [-0.39, 0.29) is 27.6 Å². The molecule has 0 saturated carbocycles. The highest BCUT2D eigenvalue weighted by Crippen LogP contribution is 2.34. The van der Waals surface area contributed by atoms with Crippen LogP contribution in [0.3, 0.4) is 0 Å². The molecular weight excluding hydrogens is 355 g/mol. The maximum absolute atomic E-state index is 13.0. The fourth-order valence-corrected chi connectivity index (χ4v) is 5.46. The summed E-state index contributed by atoms with van der Waals surface area (Å²) in [5.74, 6) is 0.264. The van der Waals surface area contributed by atoms with Gasteiger partial charge in [0.05, 0.1) is 11.4 Å².